The number of carbonyl (C=O) groups excluding carboxylic acids is 1. The van der Waals surface area contributed by atoms with Gasteiger partial charge < -0.3 is 11.1 Å². The van der Waals surface area contributed by atoms with E-state index in [0.29, 0.717) is 0 Å². The van der Waals surface area contributed by atoms with E-state index in [1.54, 1.807) is 6.20 Å². The van der Waals surface area contributed by atoms with Crippen LogP contribution in [0.4, 0.5) is 5.69 Å². The molecule has 0 bridgehead atoms. The van der Waals surface area contributed by atoms with Gasteiger partial charge in [0.15, 0.2) is 0 Å². The van der Waals surface area contributed by atoms with Gasteiger partial charge in [0.1, 0.15) is 0 Å². The first kappa shape index (κ1) is 15.4. The molecule has 0 saturated carbocycles. The number of hydrogen-bond donors (Lipinski definition) is 2. The van der Waals surface area contributed by atoms with Gasteiger partial charge in [0.2, 0.25) is 5.91 Å². The maximum absolute atomic E-state index is 12.6. The number of anilines is 1. The Kier molecular flexibility index (Phi) is 3.76. The van der Waals surface area contributed by atoms with E-state index in [-0.39, 0.29) is 5.91 Å². The molecule has 0 aliphatic heterocycles. The lowest BCUT2D eigenvalue weighted by molar-refractivity contribution is -0.126. The van der Waals surface area contributed by atoms with Gasteiger partial charge >= 0.3 is 0 Å². The number of aromatic nitrogens is 1. The van der Waals surface area contributed by atoms with Crippen LogP contribution in [-0.2, 0) is 4.79 Å². The minimum atomic E-state index is -0.688. The van der Waals surface area contributed by atoms with Crippen LogP contribution in [0, 0.1) is 12.3 Å². The molecule has 0 spiro atoms. The number of nitrogens with two attached hydrogens (primary N) is 1. The van der Waals surface area contributed by atoms with E-state index < -0.39 is 11.0 Å². The summed E-state index contributed by atoms with van der Waals surface area (Å²) in [5, 5.41) is 3.94. The highest BCUT2D eigenvalue weighted by molar-refractivity contribution is 6.04. The fourth-order valence-corrected chi connectivity index (χ4v) is 1.99. The molecule has 4 heteroatoms. The van der Waals surface area contributed by atoms with Crippen molar-refractivity contribution in [2.24, 2.45) is 11.1 Å². The number of carbonyl (C=O) groups is 1. The highest BCUT2D eigenvalue weighted by atomic mass is 16.2. The molecule has 4 nitrogen and oxygen atoms in total. The third-order valence-electron chi connectivity index (χ3n) is 4.40. The van der Waals surface area contributed by atoms with Gasteiger partial charge in [-0.3, -0.25) is 9.78 Å². The number of aryl methyl sites for hydroxylation is 1. The van der Waals surface area contributed by atoms with Crippen molar-refractivity contribution in [1.82, 2.24) is 4.98 Å². The van der Waals surface area contributed by atoms with Gasteiger partial charge in [0.25, 0.3) is 0 Å². The first-order valence-electron chi connectivity index (χ1n) is 7.09. The monoisotopic (exact) mass is 285 g/mol. The van der Waals surface area contributed by atoms with Crippen molar-refractivity contribution in [1.29, 1.82) is 0 Å². The molecule has 3 N–H and O–H groups in total. The Labute approximate surface area is 125 Å². The highest BCUT2D eigenvalue weighted by Gasteiger charge is 2.40. The molecule has 0 radical (unpaired) electrons. The lowest BCUT2D eigenvalue weighted by Crippen LogP contribution is -2.53. The van der Waals surface area contributed by atoms with Crippen LogP contribution in [0.25, 0.3) is 10.9 Å². The first-order valence-corrected chi connectivity index (χ1v) is 7.09. The Morgan fingerprint density at radius 1 is 1.19 bits per heavy atom. The molecular formula is C17H23N3O. The molecule has 0 atom stereocenters. The molecule has 0 aliphatic rings. The molecule has 0 fully saturated rings. The van der Waals surface area contributed by atoms with Gasteiger partial charge in [-0.25, -0.2) is 0 Å². The maximum atomic E-state index is 12.6. The highest BCUT2D eigenvalue weighted by Crippen LogP contribution is 2.31. The van der Waals surface area contributed by atoms with Crippen molar-refractivity contribution >= 4 is 22.5 Å². The second kappa shape index (κ2) is 5.11. The lowest BCUT2D eigenvalue weighted by Gasteiger charge is -2.37. The number of pyridine rings is 1. The van der Waals surface area contributed by atoms with Gasteiger partial charge in [-0.1, -0.05) is 6.07 Å². The zero-order valence-corrected chi connectivity index (χ0v) is 13.3. The van der Waals surface area contributed by atoms with Crippen LogP contribution in [0.3, 0.4) is 0 Å². The van der Waals surface area contributed by atoms with Crippen molar-refractivity contribution in [2.75, 3.05) is 5.32 Å². The molecule has 0 unspecified atom stereocenters. The fraction of sp³-hybridized carbons (Fsp3) is 0.412. The van der Waals surface area contributed by atoms with Crippen molar-refractivity contribution in [2.45, 2.75) is 40.2 Å². The minimum Gasteiger partial charge on any atom is -0.325 e. The summed E-state index contributed by atoms with van der Waals surface area (Å²) in [5.74, 6) is -0.0935. The summed E-state index contributed by atoms with van der Waals surface area (Å²) in [4.78, 5) is 17.0. The Bertz CT molecular complexity index is 684. The SMILES string of the molecule is Cc1ccc(NC(=O)C(C)(C)C(C)(C)N)c2cccnc12. The number of benzene rings is 1. The van der Waals surface area contributed by atoms with Crippen molar-refractivity contribution in [3.05, 3.63) is 36.0 Å². The van der Waals surface area contributed by atoms with Crippen LogP contribution in [-0.4, -0.2) is 16.4 Å². The summed E-state index contributed by atoms with van der Waals surface area (Å²) in [6, 6.07) is 7.71. The molecule has 2 aromatic rings. The smallest absolute Gasteiger partial charge is 0.231 e. The van der Waals surface area contributed by atoms with E-state index in [1.807, 2.05) is 58.9 Å². The number of hydrogen-bond acceptors (Lipinski definition) is 3. The predicted octanol–water partition coefficient (Wildman–Crippen LogP) is 3.25. The zero-order chi connectivity index (χ0) is 15.8. The summed E-state index contributed by atoms with van der Waals surface area (Å²) >= 11 is 0. The van der Waals surface area contributed by atoms with Crippen LogP contribution in [0.1, 0.15) is 33.3 Å². The molecule has 1 aromatic carbocycles. The molecule has 0 saturated heterocycles. The van der Waals surface area contributed by atoms with Gasteiger partial charge in [-0.05, 0) is 58.4 Å². The number of nitrogens with zero attached hydrogens (tertiary/aromatic N) is 1. The minimum absolute atomic E-state index is 0.0935. The van der Waals surface area contributed by atoms with Crippen LogP contribution in [0.2, 0.25) is 0 Å². The van der Waals surface area contributed by atoms with E-state index in [2.05, 4.69) is 10.3 Å². The van der Waals surface area contributed by atoms with Gasteiger partial charge in [0.05, 0.1) is 16.6 Å². The average Bonchev–Trinajstić information content (AvgIpc) is 2.41. The first-order chi connectivity index (χ1) is 9.64. The predicted molar refractivity (Wildman–Crippen MR) is 87.2 cm³/mol. The molecule has 0 aliphatic carbocycles. The fourth-order valence-electron chi connectivity index (χ4n) is 1.99. The number of rotatable bonds is 3. The standard InChI is InChI=1S/C17H23N3O/c1-11-8-9-13(12-7-6-10-19-14(11)12)20-15(21)16(2,3)17(4,5)18/h6-10H,18H2,1-5H3,(H,20,21). The molecule has 1 amide bonds. The second-order valence-corrected chi connectivity index (χ2v) is 6.63. The normalized spacial score (nSPS) is 12.5. The Balaban J connectivity index is 2.42. The van der Waals surface area contributed by atoms with Crippen molar-refractivity contribution in [3.8, 4) is 0 Å². The molecular weight excluding hydrogens is 262 g/mol. The Morgan fingerprint density at radius 3 is 2.48 bits per heavy atom. The molecule has 1 heterocycles. The van der Waals surface area contributed by atoms with Gasteiger partial charge in [0, 0.05) is 17.1 Å². The van der Waals surface area contributed by atoms with E-state index in [9.17, 15) is 4.79 Å². The number of amides is 1. The summed E-state index contributed by atoms with van der Waals surface area (Å²) in [6.07, 6.45) is 1.76. The van der Waals surface area contributed by atoms with Crippen LogP contribution >= 0.6 is 0 Å². The quantitative estimate of drug-likeness (QED) is 0.909. The average molecular weight is 285 g/mol. The summed E-state index contributed by atoms with van der Waals surface area (Å²) in [7, 11) is 0. The van der Waals surface area contributed by atoms with E-state index in [4.69, 9.17) is 5.73 Å². The number of fused-ring (bicyclic) bond motifs is 1. The Morgan fingerprint density at radius 2 is 1.86 bits per heavy atom. The van der Waals surface area contributed by atoms with E-state index in [0.717, 1.165) is 22.2 Å². The Hall–Kier alpha value is -1.94. The summed E-state index contributed by atoms with van der Waals surface area (Å²) in [6.45, 7) is 9.45. The third-order valence-corrected chi connectivity index (χ3v) is 4.40. The zero-order valence-electron chi connectivity index (χ0n) is 13.3. The summed E-state index contributed by atoms with van der Waals surface area (Å²) in [5.41, 5.74) is 7.59. The molecule has 2 rings (SSSR count). The lowest BCUT2D eigenvalue weighted by atomic mass is 9.74. The topological polar surface area (TPSA) is 68.0 Å². The van der Waals surface area contributed by atoms with Crippen LogP contribution in [0.5, 0.6) is 0 Å². The molecule has 1 aromatic heterocycles. The molecule has 21 heavy (non-hydrogen) atoms. The van der Waals surface area contributed by atoms with Gasteiger partial charge in [-0.15, -0.1) is 0 Å². The van der Waals surface area contributed by atoms with Crippen molar-refractivity contribution in [3.63, 3.8) is 0 Å². The van der Waals surface area contributed by atoms with Crippen LogP contribution < -0.4 is 11.1 Å². The summed E-state index contributed by atoms with van der Waals surface area (Å²) < 4.78 is 0. The molecule has 112 valence electrons. The maximum Gasteiger partial charge on any atom is 0.231 e. The van der Waals surface area contributed by atoms with Crippen molar-refractivity contribution < 1.29 is 4.79 Å². The largest absolute Gasteiger partial charge is 0.325 e. The second-order valence-electron chi connectivity index (χ2n) is 6.63. The van der Waals surface area contributed by atoms with E-state index >= 15 is 0 Å². The number of nitrogens with one attached hydrogen (secondary N) is 1. The van der Waals surface area contributed by atoms with Gasteiger partial charge in [-0.2, -0.15) is 0 Å². The van der Waals surface area contributed by atoms with Crippen LogP contribution in [0.15, 0.2) is 30.5 Å². The van der Waals surface area contributed by atoms with E-state index in [1.165, 1.54) is 0 Å². The third kappa shape index (κ3) is 2.76.